The molecule has 0 aromatic heterocycles. The van der Waals surface area contributed by atoms with Crippen LogP contribution < -0.4 is 5.32 Å². The zero-order valence-electron chi connectivity index (χ0n) is 15.9. The van der Waals surface area contributed by atoms with Gasteiger partial charge in [-0.1, -0.05) is 49.1 Å². The summed E-state index contributed by atoms with van der Waals surface area (Å²) in [5.74, 6) is 0.301. The fourth-order valence-corrected chi connectivity index (χ4v) is 6.34. The Morgan fingerprint density at radius 1 is 1.19 bits per heavy atom. The molecule has 1 amide bonds. The van der Waals surface area contributed by atoms with Crippen molar-refractivity contribution in [3.63, 3.8) is 0 Å². The van der Waals surface area contributed by atoms with E-state index in [-0.39, 0.29) is 42.1 Å². The van der Waals surface area contributed by atoms with E-state index in [2.05, 4.69) is 5.32 Å². The van der Waals surface area contributed by atoms with Gasteiger partial charge in [0.2, 0.25) is 5.91 Å². The standard InChI is InChI=1S/C20H29ClN2O3S/c1-15(18-9-5-6-10-19(18)21)22-13-20(24)23(16-7-3-2-4-8-16)17-11-12-27(25,26)14-17/h5-6,9-10,15-17,22H,2-4,7-8,11-14H2,1H3. The maximum Gasteiger partial charge on any atom is 0.237 e. The molecule has 2 fully saturated rings. The first-order valence-corrected chi connectivity index (χ1v) is 12.1. The molecule has 27 heavy (non-hydrogen) atoms. The van der Waals surface area contributed by atoms with Crippen molar-refractivity contribution in [3.8, 4) is 0 Å². The highest BCUT2D eigenvalue weighted by Gasteiger charge is 2.38. The number of amides is 1. The van der Waals surface area contributed by atoms with Gasteiger partial charge in [-0.05, 0) is 37.8 Å². The third-order valence-electron chi connectivity index (χ3n) is 5.79. The summed E-state index contributed by atoms with van der Waals surface area (Å²) >= 11 is 6.25. The molecule has 1 heterocycles. The van der Waals surface area contributed by atoms with Gasteiger partial charge in [0.15, 0.2) is 9.84 Å². The van der Waals surface area contributed by atoms with Crippen molar-refractivity contribution in [3.05, 3.63) is 34.9 Å². The van der Waals surface area contributed by atoms with E-state index in [9.17, 15) is 13.2 Å². The SMILES string of the molecule is CC(NCC(=O)N(C1CCCCC1)C1CCS(=O)(=O)C1)c1ccccc1Cl. The lowest BCUT2D eigenvalue weighted by Crippen LogP contribution is -2.51. The Morgan fingerprint density at radius 3 is 2.52 bits per heavy atom. The van der Waals surface area contributed by atoms with Crippen LogP contribution >= 0.6 is 11.6 Å². The average molecular weight is 413 g/mol. The van der Waals surface area contributed by atoms with Gasteiger partial charge < -0.3 is 10.2 Å². The molecule has 1 aromatic carbocycles. The third-order valence-corrected chi connectivity index (χ3v) is 7.88. The Kier molecular flexibility index (Phi) is 6.82. The van der Waals surface area contributed by atoms with E-state index >= 15 is 0 Å². The first-order chi connectivity index (χ1) is 12.9. The molecule has 1 N–H and O–H groups in total. The second kappa shape index (κ2) is 8.93. The molecule has 5 nitrogen and oxygen atoms in total. The number of halogens is 1. The van der Waals surface area contributed by atoms with E-state index in [1.54, 1.807) is 0 Å². The van der Waals surface area contributed by atoms with E-state index < -0.39 is 9.84 Å². The summed E-state index contributed by atoms with van der Waals surface area (Å²) in [6, 6.07) is 7.54. The van der Waals surface area contributed by atoms with Gasteiger partial charge in [-0.25, -0.2) is 8.42 Å². The van der Waals surface area contributed by atoms with Gasteiger partial charge in [0, 0.05) is 23.1 Å². The first-order valence-electron chi connectivity index (χ1n) is 9.87. The molecule has 1 saturated carbocycles. The highest BCUT2D eigenvalue weighted by molar-refractivity contribution is 7.91. The second-order valence-corrected chi connectivity index (χ2v) is 10.4. The molecular weight excluding hydrogens is 384 g/mol. The van der Waals surface area contributed by atoms with Crippen LogP contribution in [0.15, 0.2) is 24.3 Å². The molecule has 0 bridgehead atoms. The second-order valence-electron chi connectivity index (χ2n) is 7.77. The highest BCUT2D eigenvalue weighted by atomic mass is 35.5. The van der Waals surface area contributed by atoms with Crippen LogP contribution in [0.1, 0.15) is 57.1 Å². The van der Waals surface area contributed by atoms with Crippen molar-refractivity contribution in [2.45, 2.75) is 63.6 Å². The fourth-order valence-electron chi connectivity index (χ4n) is 4.33. The number of nitrogens with one attached hydrogen (secondary N) is 1. The molecule has 1 saturated heterocycles. The molecule has 1 aromatic rings. The Balaban J connectivity index is 1.68. The molecule has 3 rings (SSSR count). The fraction of sp³-hybridized carbons (Fsp3) is 0.650. The Hall–Kier alpha value is -1.11. The molecule has 0 radical (unpaired) electrons. The van der Waals surface area contributed by atoms with Crippen molar-refractivity contribution in [2.75, 3.05) is 18.1 Å². The minimum absolute atomic E-state index is 0.00269. The number of benzene rings is 1. The van der Waals surface area contributed by atoms with Crippen LogP contribution in [0.25, 0.3) is 0 Å². The predicted molar refractivity (Wildman–Crippen MR) is 109 cm³/mol. The highest BCUT2D eigenvalue weighted by Crippen LogP contribution is 2.28. The minimum atomic E-state index is -3.02. The molecule has 2 aliphatic rings. The Morgan fingerprint density at radius 2 is 1.89 bits per heavy atom. The number of sulfone groups is 1. The van der Waals surface area contributed by atoms with Gasteiger partial charge in [0.25, 0.3) is 0 Å². The summed E-state index contributed by atoms with van der Waals surface area (Å²) in [5.41, 5.74) is 0.958. The largest absolute Gasteiger partial charge is 0.335 e. The maximum absolute atomic E-state index is 13.1. The maximum atomic E-state index is 13.1. The summed E-state index contributed by atoms with van der Waals surface area (Å²) in [6.45, 7) is 2.18. The lowest BCUT2D eigenvalue weighted by Gasteiger charge is -2.38. The first kappa shape index (κ1) is 20.6. The number of hydrogen-bond acceptors (Lipinski definition) is 4. The van der Waals surface area contributed by atoms with Crippen LogP contribution in [0.2, 0.25) is 5.02 Å². The molecule has 1 aliphatic carbocycles. The number of rotatable bonds is 6. The molecular formula is C20H29ClN2O3S. The average Bonchev–Trinajstić information content (AvgIpc) is 3.00. The molecule has 150 valence electrons. The zero-order valence-corrected chi connectivity index (χ0v) is 17.4. The van der Waals surface area contributed by atoms with E-state index in [1.165, 1.54) is 6.42 Å². The quantitative estimate of drug-likeness (QED) is 0.778. The van der Waals surface area contributed by atoms with Crippen LogP contribution in [0, 0.1) is 0 Å². The monoisotopic (exact) mass is 412 g/mol. The van der Waals surface area contributed by atoms with Gasteiger partial charge in [0.05, 0.1) is 18.1 Å². The number of hydrogen-bond donors (Lipinski definition) is 1. The minimum Gasteiger partial charge on any atom is -0.335 e. The van der Waals surface area contributed by atoms with Crippen molar-refractivity contribution >= 4 is 27.3 Å². The van der Waals surface area contributed by atoms with Gasteiger partial charge in [0.1, 0.15) is 0 Å². The van der Waals surface area contributed by atoms with Crippen LogP contribution in [-0.4, -0.2) is 49.4 Å². The third kappa shape index (κ3) is 5.24. The number of carbonyl (C=O) groups excluding carboxylic acids is 1. The summed E-state index contributed by atoms with van der Waals surface area (Å²) in [5, 5.41) is 3.95. The van der Waals surface area contributed by atoms with Crippen molar-refractivity contribution in [2.24, 2.45) is 0 Å². The van der Waals surface area contributed by atoms with E-state index in [4.69, 9.17) is 11.6 Å². The van der Waals surface area contributed by atoms with Gasteiger partial charge in [-0.15, -0.1) is 0 Å². The number of carbonyl (C=O) groups is 1. The van der Waals surface area contributed by atoms with Gasteiger partial charge in [-0.2, -0.15) is 0 Å². The molecule has 7 heteroatoms. The molecule has 0 spiro atoms. The zero-order chi connectivity index (χ0) is 19.4. The van der Waals surface area contributed by atoms with Crippen molar-refractivity contribution < 1.29 is 13.2 Å². The lowest BCUT2D eigenvalue weighted by atomic mass is 9.93. The van der Waals surface area contributed by atoms with Crippen molar-refractivity contribution in [1.82, 2.24) is 10.2 Å². The topological polar surface area (TPSA) is 66.5 Å². The van der Waals surface area contributed by atoms with Gasteiger partial charge >= 0.3 is 0 Å². The molecule has 2 unspecified atom stereocenters. The summed E-state index contributed by atoms with van der Waals surface area (Å²) in [4.78, 5) is 15.0. The normalized spacial score (nSPS) is 23.9. The Bertz CT molecular complexity index is 762. The van der Waals surface area contributed by atoms with Crippen LogP contribution in [0.4, 0.5) is 0 Å². The van der Waals surface area contributed by atoms with Crippen LogP contribution in [-0.2, 0) is 14.6 Å². The summed E-state index contributed by atoms with van der Waals surface area (Å²) < 4.78 is 23.9. The van der Waals surface area contributed by atoms with Crippen LogP contribution in [0.5, 0.6) is 0 Å². The van der Waals surface area contributed by atoms with Crippen molar-refractivity contribution in [1.29, 1.82) is 0 Å². The summed E-state index contributed by atoms with van der Waals surface area (Å²) in [7, 11) is -3.02. The van der Waals surface area contributed by atoms with Crippen LogP contribution in [0.3, 0.4) is 0 Å². The lowest BCUT2D eigenvalue weighted by molar-refractivity contribution is -0.135. The van der Waals surface area contributed by atoms with E-state index in [0.717, 1.165) is 31.2 Å². The summed E-state index contributed by atoms with van der Waals surface area (Å²) in [6.07, 6.45) is 5.92. The Labute approximate surface area is 167 Å². The number of nitrogens with zero attached hydrogens (tertiary/aromatic N) is 1. The molecule has 2 atom stereocenters. The smallest absolute Gasteiger partial charge is 0.237 e. The predicted octanol–water partition coefficient (Wildman–Crippen LogP) is 3.34. The van der Waals surface area contributed by atoms with Gasteiger partial charge in [-0.3, -0.25) is 4.79 Å². The molecule has 1 aliphatic heterocycles. The van der Waals surface area contributed by atoms with E-state index in [1.807, 2.05) is 36.1 Å². The van der Waals surface area contributed by atoms with E-state index in [0.29, 0.717) is 11.4 Å².